The van der Waals surface area contributed by atoms with Crippen molar-refractivity contribution in [3.05, 3.63) is 91.8 Å². The van der Waals surface area contributed by atoms with Crippen LogP contribution in [0.1, 0.15) is 41.8 Å². The minimum absolute atomic E-state index is 0.125. The molecule has 9 nitrogen and oxygen atoms in total. The second-order valence-corrected chi connectivity index (χ2v) is 8.57. The number of nitrogens with zero attached hydrogens (tertiary/aromatic N) is 3. The Morgan fingerprint density at radius 2 is 1.89 bits per heavy atom. The summed E-state index contributed by atoms with van der Waals surface area (Å²) in [5, 5.41) is 7.40. The Hall–Kier alpha value is -4.67. The third kappa shape index (κ3) is 4.51. The number of benzene rings is 1. The Balaban J connectivity index is 1.64. The van der Waals surface area contributed by atoms with E-state index in [-0.39, 0.29) is 28.3 Å². The summed E-state index contributed by atoms with van der Waals surface area (Å²) in [7, 11) is 0. The molecule has 0 aliphatic carbocycles. The van der Waals surface area contributed by atoms with Gasteiger partial charge in [-0.2, -0.15) is 0 Å². The molecule has 11 heteroatoms. The van der Waals surface area contributed by atoms with Gasteiger partial charge in [-0.3, -0.25) is 19.3 Å². The van der Waals surface area contributed by atoms with Gasteiger partial charge in [-0.05, 0) is 56.7 Å². The van der Waals surface area contributed by atoms with Gasteiger partial charge in [0.1, 0.15) is 22.7 Å². The molecule has 1 aromatic carbocycles. The lowest BCUT2D eigenvalue weighted by molar-refractivity contribution is 0.146. The number of anilines is 1. The van der Waals surface area contributed by atoms with E-state index in [1.165, 1.54) is 18.2 Å². The molecule has 5 aromatic rings. The van der Waals surface area contributed by atoms with Crippen LogP contribution < -0.4 is 16.5 Å². The molecule has 5 rings (SSSR count). The van der Waals surface area contributed by atoms with Crippen molar-refractivity contribution in [1.82, 2.24) is 20.1 Å². The smallest absolute Gasteiger partial charge is 0.439 e. The summed E-state index contributed by atoms with van der Waals surface area (Å²) in [6.07, 6.45) is -1.21. The Kier molecular flexibility index (Phi) is 6.12. The molecular weight excluding hydrogens is 484 g/mol. The molecule has 0 aliphatic rings. The van der Waals surface area contributed by atoms with E-state index in [2.05, 4.69) is 29.9 Å². The molecule has 0 amide bonds. The Labute approximate surface area is 208 Å². The standard InChI is InChI=1S/C26H21F2N5O4/c1-12-10-15(14(3)30-17-8-5-9-29-20(17)25-32-26(35)37-33-25)23-16(11-12)21(34)13(2)22(36-23)18-6-4-7-19(31-18)24(27)28/h4-11,14,24,30H,1-3H3,(H,32,33,35)/t14-/m1/s1. The fraction of sp³-hybridized carbons (Fsp3) is 0.192. The molecule has 4 aromatic heterocycles. The molecule has 1 atom stereocenters. The summed E-state index contributed by atoms with van der Waals surface area (Å²) in [6.45, 7) is 5.31. The molecule has 0 radical (unpaired) electrons. The van der Waals surface area contributed by atoms with E-state index in [0.717, 1.165) is 5.56 Å². The maximum atomic E-state index is 13.3. The molecule has 188 valence electrons. The van der Waals surface area contributed by atoms with Crippen LogP contribution >= 0.6 is 0 Å². The molecule has 37 heavy (non-hydrogen) atoms. The number of alkyl halides is 2. The van der Waals surface area contributed by atoms with Crippen LogP contribution in [0.4, 0.5) is 14.5 Å². The van der Waals surface area contributed by atoms with E-state index in [1.54, 1.807) is 31.3 Å². The van der Waals surface area contributed by atoms with Crippen LogP contribution in [-0.2, 0) is 0 Å². The predicted molar refractivity (Wildman–Crippen MR) is 133 cm³/mol. The van der Waals surface area contributed by atoms with E-state index in [4.69, 9.17) is 4.42 Å². The molecule has 0 saturated heterocycles. The van der Waals surface area contributed by atoms with Crippen LogP contribution in [0.5, 0.6) is 0 Å². The highest BCUT2D eigenvalue weighted by Crippen LogP contribution is 2.33. The number of H-pyrrole nitrogens is 1. The van der Waals surface area contributed by atoms with Crippen molar-refractivity contribution in [1.29, 1.82) is 0 Å². The lowest BCUT2D eigenvalue weighted by Gasteiger charge is -2.19. The first-order valence-electron chi connectivity index (χ1n) is 11.3. The maximum absolute atomic E-state index is 13.3. The lowest BCUT2D eigenvalue weighted by Crippen LogP contribution is -2.13. The van der Waals surface area contributed by atoms with Gasteiger partial charge in [0.05, 0.1) is 17.1 Å². The number of hydrogen-bond acceptors (Lipinski definition) is 8. The second kappa shape index (κ2) is 9.41. The molecule has 0 saturated carbocycles. The highest BCUT2D eigenvalue weighted by molar-refractivity contribution is 5.84. The van der Waals surface area contributed by atoms with Crippen LogP contribution in [-0.4, -0.2) is 20.1 Å². The SMILES string of the molecule is Cc1cc([C@@H](C)Nc2cccnc2-c2noc(=O)[nH]2)c2oc(-c3cccc(C(F)F)n3)c(C)c(=O)c2c1. The van der Waals surface area contributed by atoms with E-state index in [9.17, 15) is 18.4 Å². The summed E-state index contributed by atoms with van der Waals surface area (Å²) >= 11 is 0. The first kappa shape index (κ1) is 24.0. The monoisotopic (exact) mass is 505 g/mol. The fourth-order valence-electron chi connectivity index (χ4n) is 4.19. The molecule has 2 N–H and O–H groups in total. The maximum Gasteiger partial charge on any atom is 0.439 e. The van der Waals surface area contributed by atoms with Gasteiger partial charge >= 0.3 is 5.76 Å². The fourth-order valence-corrected chi connectivity index (χ4v) is 4.19. The highest BCUT2D eigenvalue weighted by atomic mass is 19.3. The van der Waals surface area contributed by atoms with Crippen molar-refractivity contribution in [2.24, 2.45) is 0 Å². The Morgan fingerprint density at radius 1 is 1.08 bits per heavy atom. The van der Waals surface area contributed by atoms with Gasteiger partial charge in [0, 0.05) is 17.3 Å². The number of fused-ring (bicyclic) bond motifs is 1. The molecule has 4 heterocycles. The Morgan fingerprint density at radius 3 is 2.62 bits per heavy atom. The van der Waals surface area contributed by atoms with Gasteiger partial charge in [-0.1, -0.05) is 17.3 Å². The highest BCUT2D eigenvalue weighted by Gasteiger charge is 2.21. The minimum atomic E-state index is -2.76. The summed E-state index contributed by atoms with van der Waals surface area (Å²) in [5.74, 6) is -0.429. The summed E-state index contributed by atoms with van der Waals surface area (Å²) < 4.78 is 37.4. The zero-order chi connectivity index (χ0) is 26.3. The Bertz CT molecular complexity index is 1740. The molecule has 0 bridgehead atoms. The quantitative estimate of drug-likeness (QED) is 0.317. The van der Waals surface area contributed by atoms with Crippen molar-refractivity contribution in [2.45, 2.75) is 33.2 Å². The lowest BCUT2D eigenvalue weighted by atomic mass is 9.99. The number of hydrogen-bond donors (Lipinski definition) is 2. The number of pyridine rings is 2. The second-order valence-electron chi connectivity index (χ2n) is 8.57. The van der Waals surface area contributed by atoms with Gasteiger partial charge in [-0.15, -0.1) is 0 Å². The summed E-state index contributed by atoms with van der Waals surface area (Å²) in [5.41, 5.74) is 2.44. The van der Waals surface area contributed by atoms with Gasteiger partial charge in [-0.25, -0.2) is 18.6 Å². The minimum Gasteiger partial charge on any atom is -0.454 e. The molecule has 0 spiro atoms. The number of aromatic amines is 1. The zero-order valence-electron chi connectivity index (χ0n) is 20.0. The number of rotatable bonds is 6. The van der Waals surface area contributed by atoms with Gasteiger partial charge < -0.3 is 9.73 Å². The summed E-state index contributed by atoms with van der Waals surface area (Å²) in [6, 6.07) is 10.9. The molecule has 0 fully saturated rings. The van der Waals surface area contributed by atoms with Crippen molar-refractivity contribution in [3.8, 4) is 23.0 Å². The van der Waals surface area contributed by atoms with Crippen molar-refractivity contribution in [2.75, 3.05) is 5.32 Å². The van der Waals surface area contributed by atoms with E-state index >= 15 is 0 Å². The third-order valence-electron chi connectivity index (χ3n) is 5.93. The van der Waals surface area contributed by atoms with Crippen LogP contribution in [0.15, 0.2) is 67.2 Å². The number of halogens is 2. The number of aryl methyl sites for hydroxylation is 1. The average Bonchev–Trinajstić information content (AvgIpc) is 3.32. The normalized spacial score (nSPS) is 12.3. The largest absolute Gasteiger partial charge is 0.454 e. The van der Waals surface area contributed by atoms with Crippen molar-refractivity contribution < 1.29 is 17.7 Å². The molecule has 0 unspecified atom stereocenters. The van der Waals surface area contributed by atoms with Crippen LogP contribution in [0.2, 0.25) is 0 Å². The molecule has 0 aliphatic heterocycles. The zero-order valence-corrected chi connectivity index (χ0v) is 20.0. The van der Waals surface area contributed by atoms with Gasteiger partial charge in [0.15, 0.2) is 11.2 Å². The van der Waals surface area contributed by atoms with Crippen LogP contribution in [0, 0.1) is 13.8 Å². The number of nitrogens with one attached hydrogen (secondary N) is 2. The average molecular weight is 505 g/mol. The van der Waals surface area contributed by atoms with Crippen LogP contribution in [0.3, 0.4) is 0 Å². The van der Waals surface area contributed by atoms with E-state index in [1.807, 2.05) is 19.9 Å². The first-order chi connectivity index (χ1) is 17.7. The van der Waals surface area contributed by atoms with Gasteiger partial charge in [0.2, 0.25) is 5.82 Å². The van der Waals surface area contributed by atoms with Crippen LogP contribution in [0.25, 0.3) is 33.9 Å². The van der Waals surface area contributed by atoms with Crippen molar-refractivity contribution in [3.63, 3.8) is 0 Å². The molecular formula is C26H21F2N5O4. The summed E-state index contributed by atoms with van der Waals surface area (Å²) in [4.78, 5) is 35.6. The number of aromatic nitrogens is 4. The van der Waals surface area contributed by atoms with Gasteiger partial charge in [0.25, 0.3) is 6.43 Å². The van der Waals surface area contributed by atoms with Crippen molar-refractivity contribution >= 4 is 16.7 Å². The van der Waals surface area contributed by atoms with E-state index < -0.39 is 23.9 Å². The third-order valence-corrected chi connectivity index (χ3v) is 5.93. The predicted octanol–water partition coefficient (Wildman–Crippen LogP) is 5.32. The first-order valence-corrected chi connectivity index (χ1v) is 11.3. The topological polar surface area (TPSA) is 127 Å². The van der Waals surface area contributed by atoms with E-state index in [0.29, 0.717) is 27.9 Å².